The van der Waals surface area contributed by atoms with Gasteiger partial charge in [0.15, 0.2) is 18.0 Å². The molecule has 2 aromatic rings. The van der Waals surface area contributed by atoms with Crippen LogP contribution in [0.15, 0.2) is 42.5 Å². The zero-order valence-electron chi connectivity index (χ0n) is 16.3. The zero-order valence-corrected chi connectivity index (χ0v) is 17.2. The lowest BCUT2D eigenvalue weighted by Crippen LogP contribution is -2.41. The molecule has 2 heterocycles. The van der Waals surface area contributed by atoms with Crippen LogP contribution in [0.25, 0.3) is 0 Å². The van der Waals surface area contributed by atoms with Crippen molar-refractivity contribution in [2.75, 3.05) is 45.1 Å². The van der Waals surface area contributed by atoms with Crippen molar-refractivity contribution < 1.29 is 23.9 Å². The molecule has 1 atom stereocenters. The van der Waals surface area contributed by atoms with Crippen LogP contribution in [0.4, 0.5) is 5.69 Å². The largest absolute Gasteiger partial charge is 0.497 e. The molecule has 6 nitrogen and oxygen atoms in total. The number of benzene rings is 2. The highest BCUT2D eigenvalue weighted by molar-refractivity contribution is 8.13. The minimum absolute atomic E-state index is 0.442. The van der Waals surface area contributed by atoms with Gasteiger partial charge < -0.3 is 19.3 Å². The molecule has 0 saturated heterocycles. The number of ether oxygens (including phenoxy) is 3. The Morgan fingerprint density at radius 3 is 2.43 bits per heavy atom. The first kappa shape index (κ1) is 19.0. The molecular formula is C21H25N2O4S+. The van der Waals surface area contributed by atoms with Crippen molar-refractivity contribution in [3.8, 4) is 17.2 Å². The number of thioether (sulfide) groups is 1. The minimum Gasteiger partial charge on any atom is -0.497 e. The third-order valence-electron chi connectivity index (χ3n) is 5.27. The lowest BCUT2D eigenvalue weighted by Gasteiger charge is -2.25. The zero-order chi connectivity index (χ0) is 19.7. The summed E-state index contributed by atoms with van der Waals surface area (Å²) in [5.41, 5.74) is 0.690. The molecule has 7 heteroatoms. The lowest BCUT2D eigenvalue weighted by atomic mass is 10.0. The van der Waals surface area contributed by atoms with Crippen LogP contribution in [0.5, 0.6) is 17.2 Å². The summed E-state index contributed by atoms with van der Waals surface area (Å²) in [5, 5.41) is 12.9. The summed E-state index contributed by atoms with van der Waals surface area (Å²) in [6, 6.07) is 13.6. The second kappa shape index (κ2) is 7.56. The highest BCUT2D eigenvalue weighted by Crippen LogP contribution is 2.40. The van der Waals surface area contributed by atoms with Crippen LogP contribution >= 0.6 is 11.8 Å². The number of aliphatic hydroxyl groups is 1. The Kier molecular flexibility index (Phi) is 5.12. The van der Waals surface area contributed by atoms with Crippen molar-refractivity contribution in [1.29, 1.82) is 0 Å². The summed E-state index contributed by atoms with van der Waals surface area (Å²) >= 11 is 1.78. The van der Waals surface area contributed by atoms with E-state index in [-0.39, 0.29) is 0 Å². The lowest BCUT2D eigenvalue weighted by molar-refractivity contribution is -0.656. The predicted molar refractivity (Wildman–Crippen MR) is 111 cm³/mol. The first-order chi connectivity index (χ1) is 13.6. The molecule has 2 aliphatic heterocycles. The third-order valence-corrected chi connectivity index (χ3v) is 6.47. The van der Waals surface area contributed by atoms with Crippen molar-refractivity contribution in [1.82, 2.24) is 0 Å². The molecule has 0 aromatic heterocycles. The number of hydrogen-bond acceptors (Lipinski definition) is 6. The third kappa shape index (κ3) is 3.08. The quantitative estimate of drug-likeness (QED) is 0.778. The number of methoxy groups -OCH3 is 3. The Morgan fingerprint density at radius 1 is 1.00 bits per heavy atom. The Hall–Kier alpha value is -2.38. The first-order valence-corrected chi connectivity index (χ1v) is 10.2. The summed E-state index contributed by atoms with van der Waals surface area (Å²) in [7, 11) is 4.88. The van der Waals surface area contributed by atoms with E-state index in [1.165, 1.54) is 0 Å². The molecule has 0 radical (unpaired) electrons. The SMILES string of the molecule is COc1ccc(N2C[C@](O)(c3ccc(OC)c(OC)c3)[N+]3=C2SCCC3)cc1. The van der Waals surface area contributed by atoms with Crippen LogP contribution in [0.2, 0.25) is 0 Å². The smallest absolute Gasteiger partial charge is 0.316 e. The van der Waals surface area contributed by atoms with Gasteiger partial charge in [0.25, 0.3) is 5.72 Å². The van der Waals surface area contributed by atoms with Gasteiger partial charge in [0.1, 0.15) is 11.4 Å². The van der Waals surface area contributed by atoms with E-state index in [9.17, 15) is 5.11 Å². The van der Waals surface area contributed by atoms with E-state index in [4.69, 9.17) is 14.2 Å². The van der Waals surface area contributed by atoms with Gasteiger partial charge in [-0.15, -0.1) is 0 Å². The maximum absolute atomic E-state index is 11.8. The molecule has 0 aliphatic carbocycles. The summed E-state index contributed by atoms with van der Waals surface area (Å²) in [6.07, 6.45) is 1.03. The van der Waals surface area contributed by atoms with Crippen molar-refractivity contribution >= 4 is 22.6 Å². The van der Waals surface area contributed by atoms with Crippen LogP contribution in [0.3, 0.4) is 0 Å². The number of rotatable bonds is 5. The van der Waals surface area contributed by atoms with Gasteiger partial charge in [-0.1, -0.05) is 0 Å². The fourth-order valence-electron chi connectivity index (χ4n) is 3.80. The summed E-state index contributed by atoms with van der Waals surface area (Å²) < 4.78 is 18.2. The number of amidine groups is 1. The van der Waals surface area contributed by atoms with E-state index in [1.54, 1.807) is 33.1 Å². The maximum atomic E-state index is 11.8. The van der Waals surface area contributed by atoms with Gasteiger partial charge in [0.2, 0.25) is 0 Å². The van der Waals surface area contributed by atoms with Crippen LogP contribution in [-0.2, 0) is 5.72 Å². The predicted octanol–water partition coefficient (Wildman–Crippen LogP) is 2.88. The van der Waals surface area contributed by atoms with E-state index >= 15 is 0 Å². The molecule has 2 aromatic carbocycles. The Labute approximate surface area is 169 Å². The molecule has 0 saturated carbocycles. The Morgan fingerprint density at radius 2 is 1.75 bits per heavy atom. The second-order valence-electron chi connectivity index (χ2n) is 6.81. The molecule has 2 aliphatic rings. The van der Waals surface area contributed by atoms with Crippen molar-refractivity contribution in [3.05, 3.63) is 48.0 Å². The Balaban J connectivity index is 1.76. The number of anilines is 1. The Bertz CT molecular complexity index is 900. The molecule has 0 bridgehead atoms. The molecule has 4 rings (SSSR count). The molecule has 0 spiro atoms. The highest BCUT2D eigenvalue weighted by atomic mass is 32.2. The van der Waals surface area contributed by atoms with E-state index in [0.29, 0.717) is 18.0 Å². The summed E-state index contributed by atoms with van der Waals surface area (Å²) in [4.78, 5) is 2.18. The molecular weight excluding hydrogens is 376 g/mol. The number of hydrogen-bond donors (Lipinski definition) is 1. The van der Waals surface area contributed by atoms with Crippen molar-refractivity contribution in [2.45, 2.75) is 12.1 Å². The van der Waals surface area contributed by atoms with Gasteiger partial charge >= 0.3 is 5.17 Å². The summed E-state index contributed by atoms with van der Waals surface area (Å²) in [6.45, 7) is 1.25. The normalized spacial score (nSPS) is 21.5. The van der Waals surface area contributed by atoms with Crippen LogP contribution in [0, 0.1) is 0 Å². The molecule has 148 valence electrons. The molecule has 0 fully saturated rings. The van der Waals surface area contributed by atoms with Gasteiger partial charge in [0, 0.05) is 11.3 Å². The van der Waals surface area contributed by atoms with Gasteiger partial charge in [-0.25, -0.2) is 9.48 Å². The fraction of sp³-hybridized carbons (Fsp3) is 0.381. The van der Waals surface area contributed by atoms with Crippen LogP contribution in [-0.4, -0.2) is 55.0 Å². The van der Waals surface area contributed by atoms with Gasteiger partial charge in [-0.05, 0) is 60.6 Å². The van der Waals surface area contributed by atoms with E-state index in [1.807, 2.05) is 42.5 Å². The average Bonchev–Trinajstić information content (AvgIpc) is 3.07. The van der Waals surface area contributed by atoms with Crippen molar-refractivity contribution in [2.24, 2.45) is 0 Å². The number of nitrogens with zero attached hydrogens (tertiary/aromatic N) is 2. The first-order valence-electron chi connectivity index (χ1n) is 9.24. The standard InChI is InChI=1S/C21H25N2O4S/c1-25-17-8-6-16(7-9-17)22-14-21(24,23-11-4-12-28-20(22)23)15-5-10-18(26-2)19(13-15)27-3/h5-10,13,24H,4,11-12,14H2,1-3H3/q+1/t21-/m0/s1. The molecule has 0 unspecified atom stereocenters. The van der Waals surface area contributed by atoms with E-state index < -0.39 is 5.72 Å². The molecule has 28 heavy (non-hydrogen) atoms. The molecule has 0 amide bonds. The second-order valence-corrected chi connectivity index (χ2v) is 7.87. The van der Waals surface area contributed by atoms with Crippen LogP contribution in [0.1, 0.15) is 12.0 Å². The van der Waals surface area contributed by atoms with E-state index in [0.717, 1.165) is 40.9 Å². The van der Waals surface area contributed by atoms with Crippen LogP contribution < -0.4 is 19.1 Å². The minimum atomic E-state index is -1.14. The van der Waals surface area contributed by atoms with Gasteiger partial charge in [-0.3, -0.25) is 0 Å². The van der Waals surface area contributed by atoms with Gasteiger partial charge in [0.05, 0.1) is 27.9 Å². The fourth-order valence-corrected chi connectivity index (χ4v) is 4.98. The summed E-state index contributed by atoms with van der Waals surface area (Å²) in [5.74, 6) is 3.12. The average molecular weight is 402 g/mol. The van der Waals surface area contributed by atoms with Crippen molar-refractivity contribution in [3.63, 3.8) is 0 Å². The molecule has 1 N–H and O–H groups in total. The highest BCUT2D eigenvalue weighted by Gasteiger charge is 2.53. The van der Waals surface area contributed by atoms with Gasteiger partial charge in [-0.2, -0.15) is 0 Å². The topological polar surface area (TPSA) is 54.2 Å². The number of β-amino-alcohol motifs (C(OH)–C–C–N with tert-alkyl or cyclic N) is 1. The maximum Gasteiger partial charge on any atom is 0.316 e. The van der Waals surface area contributed by atoms with E-state index in [2.05, 4.69) is 9.48 Å². The monoisotopic (exact) mass is 401 g/mol.